The van der Waals surface area contributed by atoms with Gasteiger partial charge >= 0.3 is 0 Å². The highest BCUT2D eigenvalue weighted by Crippen LogP contribution is 2.42. The summed E-state index contributed by atoms with van der Waals surface area (Å²) in [5.41, 5.74) is 1.03. The molecule has 100 valence electrons. The quantitative estimate of drug-likeness (QED) is 0.745. The standard InChI is InChI=1S/C14H17ClF2O/c1-18-12-4-2-3-10(7-12)8-13(15)11-5-6-14(16,17)9-11/h2-4,7,11,13H,5-6,8-9H2,1H3. The monoisotopic (exact) mass is 274 g/mol. The zero-order valence-electron chi connectivity index (χ0n) is 10.3. The van der Waals surface area contributed by atoms with Gasteiger partial charge in [0.25, 0.3) is 0 Å². The second-order valence-corrected chi connectivity index (χ2v) is 5.49. The predicted molar refractivity (Wildman–Crippen MR) is 68.6 cm³/mol. The summed E-state index contributed by atoms with van der Waals surface area (Å²) in [6.07, 6.45) is 1.02. The van der Waals surface area contributed by atoms with Gasteiger partial charge in [-0.1, -0.05) is 12.1 Å². The van der Waals surface area contributed by atoms with Gasteiger partial charge in [-0.05, 0) is 36.5 Å². The predicted octanol–water partition coefficient (Wildman–Crippen LogP) is 4.28. The molecule has 2 rings (SSSR count). The van der Waals surface area contributed by atoms with E-state index in [1.165, 1.54) is 0 Å². The van der Waals surface area contributed by atoms with Crippen LogP contribution in [0.3, 0.4) is 0 Å². The fourth-order valence-electron chi connectivity index (χ4n) is 2.48. The molecule has 1 fully saturated rings. The molecular weight excluding hydrogens is 258 g/mol. The Labute approximate surface area is 111 Å². The van der Waals surface area contributed by atoms with Crippen molar-refractivity contribution in [1.29, 1.82) is 0 Å². The fraction of sp³-hybridized carbons (Fsp3) is 0.571. The van der Waals surface area contributed by atoms with Gasteiger partial charge in [0.15, 0.2) is 0 Å². The first kappa shape index (κ1) is 13.6. The molecule has 2 atom stereocenters. The highest BCUT2D eigenvalue weighted by molar-refractivity contribution is 6.20. The van der Waals surface area contributed by atoms with Crippen LogP contribution in [0, 0.1) is 5.92 Å². The van der Waals surface area contributed by atoms with E-state index in [1.807, 2.05) is 24.3 Å². The topological polar surface area (TPSA) is 9.23 Å². The number of ether oxygens (including phenoxy) is 1. The molecule has 0 N–H and O–H groups in total. The van der Waals surface area contributed by atoms with Gasteiger partial charge in [0, 0.05) is 18.2 Å². The highest BCUT2D eigenvalue weighted by Gasteiger charge is 2.41. The lowest BCUT2D eigenvalue weighted by Gasteiger charge is -2.17. The third kappa shape index (κ3) is 3.35. The number of halogens is 3. The van der Waals surface area contributed by atoms with E-state index in [4.69, 9.17) is 16.3 Å². The molecule has 1 aliphatic rings. The molecule has 1 aromatic carbocycles. The van der Waals surface area contributed by atoms with Crippen molar-refractivity contribution in [3.05, 3.63) is 29.8 Å². The minimum atomic E-state index is -2.52. The second-order valence-electron chi connectivity index (χ2n) is 4.93. The van der Waals surface area contributed by atoms with Crippen LogP contribution in [0.4, 0.5) is 8.78 Å². The molecule has 1 aromatic rings. The summed E-state index contributed by atoms with van der Waals surface area (Å²) in [5, 5.41) is -0.231. The third-order valence-electron chi connectivity index (χ3n) is 3.52. The number of methoxy groups -OCH3 is 1. The molecule has 1 nitrogen and oxygen atoms in total. The lowest BCUT2D eigenvalue weighted by atomic mass is 9.97. The van der Waals surface area contributed by atoms with Gasteiger partial charge in [-0.15, -0.1) is 11.6 Å². The van der Waals surface area contributed by atoms with Crippen molar-refractivity contribution in [2.24, 2.45) is 5.92 Å². The summed E-state index contributed by atoms with van der Waals surface area (Å²) in [4.78, 5) is 0. The lowest BCUT2D eigenvalue weighted by Crippen LogP contribution is -2.18. The van der Waals surface area contributed by atoms with Crippen LogP contribution in [0.5, 0.6) is 5.75 Å². The summed E-state index contributed by atoms with van der Waals surface area (Å²) in [5.74, 6) is -1.84. The Balaban J connectivity index is 1.96. The maximum atomic E-state index is 13.1. The summed E-state index contributed by atoms with van der Waals surface area (Å²) in [6, 6.07) is 7.60. The van der Waals surface area contributed by atoms with Gasteiger partial charge in [-0.2, -0.15) is 0 Å². The van der Waals surface area contributed by atoms with Crippen LogP contribution in [0.1, 0.15) is 24.8 Å². The van der Waals surface area contributed by atoms with Gasteiger partial charge in [-0.3, -0.25) is 0 Å². The van der Waals surface area contributed by atoms with Crippen molar-refractivity contribution < 1.29 is 13.5 Å². The first-order chi connectivity index (χ1) is 8.50. The van der Waals surface area contributed by atoms with Crippen LogP contribution in [0.15, 0.2) is 24.3 Å². The Morgan fingerprint density at radius 3 is 2.89 bits per heavy atom. The molecule has 2 unspecified atom stereocenters. The zero-order valence-corrected chi connectivity index (χ0v) is 11.1. The third-order valence-corrected chi connectivity index (χ3v) is 4.03. The summed E-state index contributed by atoms with van der Waals surface area (Å²) >= 11 is 6.27. The number of hydrogen-bond donors (Lipinski definition) is 0. The Morgan fingerprint density at radius 2 is 2.28 bits per heavy atom. The molecule has 4 heteroatoms. The molecule has 0 spiro atoms. The minimum absolute atomic E-state index is 0.0288. The maximum Gasteiger partial charge on any atom is 0.248 e. The van der Waals surface area contributed by atoms with Crippen molar-refractivity contribution >= 4 is 11.6 Å². The van der Waals surface area contributed by atoms with Crippen LogP contribution in [0.25, 0.3) is 0 Å². The Hall–Kier alpha value is -0.830. The van der Waals surface area contributed by atoms with E-state index in [0.29, 0.717) is 12.8 Å². The van der Waals surface area contributed by atoms with E-state index in [0.717, 1.165) is 11.3 Å². The minimum Gasteiger partial charge on any atom is -0.497 e. The fourth-order valence-corrected chi connectivity index (χ4v) is 2.88. The molecule has 0 bridgehead atoms. The molecule has 0 saturated heterocycles. The Morgan fingerprint density at radius 1 is 1.50 bits per heavy atom. The molecular formula is C14H17ClF2O. The molecule has 1 saturated carbocycles. The largest absolute Gasteiger partial charge is 0.497 e. The van der Waals surface area contributed by atoms with E-state index in [9.17, 15) is 8.78 Å². The summed E-state index contributed by atoms with van der Waals surface area (Å²) in [7, 11) is 1.61. The number of rotatable bonds is 4. The molecule has 0 aromatic heterocycles. The van der Waals surface area contributed by atoms with Crippen molar-refractivity contribution in [2.75, 3.05) is 7.11 Å². The van der Waals surface area contributed by atoms with Crippen LogP contribution < -0.4 is 4.74 Å². The smallest absolute Gasteiger partial charge is 0.248 e. The van der Waals surface area contributed by atoms with Gasteiger partial charge in [0.05, 0.1) is 7.11 Å². The molecule has 0 radical (unpaired) electrons. The van der Waals surface area contributed by atoms with Gasteiger partial charge < -0.3 is 4.74 Å². The van der Waals surface area contributed by atoms with Gasteiger partial charge in [-0.25, -0.2) is 8.78 Å². The van der Waals surface area contributed by atoms with Gasteiger partial charge in [0.2, 0.25) is 5.92 Å². The van der Waals surface area contributed by atoms with Crippen molar-refractivity contribution in [1.82, 2.24) is 0 Å². The first-order valence-corrected chi connectivity index (χ1v) is 6.59. The van der Waals surface area contributed by atoms with E-state index >= 15 is 0 Å². The Kier molecular flexibility index (Phi) is 4.10. The van der Waals surface area contributed by atoms with E-state index in [2.05, 4.69) is 0 Å². The van der Waals surface area contributed by atoms with Crippen LogP contribution in [-0.2, 0) is 6.42 Å². The first-order valence-electron chi connectivity index (χ1n) is 6.15. The molecule has 0 heterocycles. The number of alkyl halides is 3. The normalized spacial score (nSPS) is 23.9. The molecule has 0 amide bonds. The van der Waals surface area contributed by atoms with E-state index in [1.54, 1.807) is 7.11 Å². The molecule has 0 aliphatic heterocycles. The van der Waals surface area contributed by atoms with E-state index in [-0.39, 0.29) is 24.1 Å². The SMILES string of the molecule is COc1cccc(CC(Cl)C2CCC(F)(F)C2)c1. The van der Waals surface area contributed by atoms with Crippen LogP contribution >= 0.6 is 11.6 Å². The second kappa shape index (κ2) is 5.43. The van der Waals surface area contributed by atoms with E-state index < -0.39 is 5.92 Å². The highest BCUT2D eigenvalue weighted by atomic mass is 35.5. The average molecular weight is 275 g/mol. The average Bonchev–Trinajstić information content (AvgIpc) is 2.70. The maximum absolute atomic E-state index is 13.1. The number of hydrogen-bond acceptors (Lipinski definition) is 1. The summed E-state index contributed by atoms with van der Waals surface area (Å²) in [6.45, 7) is 0. The van der Waals surface area contributed by atoms with Crippen molar-refractivity contribution in [3.8, 4) is 5.75 Å². The molecule has 1 aliphatic carbocycles. The zero-order chi connectivity index (χ0) is 13.2. The van der Waals surface area contributed by atoms with Crippen LogP contribution in [-0.4, -0.2) is 18.4 Å². The van der Waals surface area contributed by atoms with Crippen LogP contribution in [0.2, 0.25) is 0 Å². The molecule has 18 heavy (non-hydrogen) atoms. The summed E-state index contributed by atoms with van der Waals surface area (Å²) < 4.78 is 31.4. The van der Waals surface area contributed by atoms with Gasteiger partial charge in [0.1, 0.15) is 5.75 Å². The van der Waals surface area contributed by atoms with Crippen molar-refractivity contribution in [2.45, 2.75) is 37.0 Å². The Bertz CT molecular complexity index is 409. The number of benzene rings is 1. The van der Waals surface area contributed by atoms with Crippen molar-refractivity contribution in [3.63, 3.8) is 0 Å². The lowest BCUT2D eigenvalue weighted by molar-refractivity contribution is 0.00488.